The van der Waals surface area contributed by atoms with Gasteiger partial charge in [0.2, 0.25) is 11.8 Å². The molecule has 132 valence electrons. The minimum atomic E-state index is -0.311. The second-order valence-corrected chi connectivity index (χ2v) is 5.80. The molecule has 0 saturated carbocycles. The number of hydrogen-bond acceptors (Lipinski definition) is 2. The Morgan fingerprint density at radius 1 is 1.04 bits per heavy atom. The molecule has 25 heavy (non-hydrogen) atoms. The summed E-state index contributed by atoms with van der Waals surface area (Å²) in [6, 6.07) is 15.7. The van der Waals surface area contributed by atoms with E-state index in [-0.39, 0.29) is 24.1 Å². The van der Waals surface area contributed by atoms with Crippen LogP contribution in [0, 0.1) is 5.82 Å². The third-order valence-electron chi connectivity index (χ3n) is 3.87. The van der Waals surface area contributed by atoms with Crippen LogP contribution in [0.5, 0.6) is 0 Å². The van der Waals surface area contributed by atoms with Gasteiger partial charge < -0.3 is 10.2 Å². The van der Waals surface area contributed by atoms with Crippen molar-refractivity contribution in [2.45, 2.75) is 26.3 Å². The zero-order chi connectivity index (χ0) is 18.1. The van der Waals surface area contributed by atoms with Gasteiger partial charge in [0.05, 0.1) is 6.42 Å². The molecular formula is C20H23FN2O2. The highest BCUT2D eigenvalue weighted by Gasteiger charge is 2.13. The fraction of sp³-hybridized carbons (Fsp3) is 0.300. The largest absolute Gasteiger partial charge is 0.355 e. The minimum absolute atomic E-state index is 0.0632. The highest BCUT2D eigenvalue weighted by Crippen LogP contribution is 2.08. The van der Waals surface area contributed by atoms with Crippen LogP contribution in [0.4, 0.5) is 4.39 Å². The SMILES string of the molecule is CCN(Cc1cccc(F)c1)C(=O)CCNC(=O)Cc1ccccc1. The predicted octanol–water partition coefficient (Wildman–Crippen LogP) is 2.92. The molecule has 0 bridgehead atoms. The number of nitrogens with zero attached hydrogens (tertiary/aromatic N) is 1. The van der Waals surface area contributed by atoms with Crippen LogP contribution < -0.4 is 5.32 Å². The van der Waals surface area contributed by atoms with Crippen molar-refractivity contribution in [3.05, 3.63) is 71.5 Å². The van der Waals surface area contributed by atoms with Crippen LogP contribution >= 0.6 is 0 Å². The molecule has 2 aromatic carbocycles. The third kappa shape index (κ3) is 6.37. The summed E-state index contributed by atoms with van der Waals surface area (Å²) < 4.78 is 13.2. The number of amides is 2. The molecule has 0 radical (unpaired) electrons. The second kappa shape index (κ2) is 9.57. The average Bonchev–Trinajstić information content (AvgIpc) is 2.60. The average molecular weight is 342 g/mol. The molecule has 0 aliphatic carbocycles. The molecule has 0 aliphatic heterocycles. The van der Waals surface area contributed by atoms with E-state index in [1.165, 1.54) is 12.1 Å². The van der Waals surface area contributed by atoms with Gasteiger partial charge in [-0.05, 0) is 30.2 Å². The van der Waals surface area contributed by atoms with Gasteiger partial charge in [0.25, 0.3) is 0 Å². The molecule has 2 aromatic rings. The van der Waals surface area contributed by atoms with Crippen molar-refractivity contribution in [3.8, 4) is 0 Å². The van der Waals surface area contributed by atoms with Gasteiger partial charge >= 0.3 is 0 Å². The van der Waals surface area contributed by atoms with Gasteiger partial charge in [-0.1, -0.05) is 42.5 Å². The highest BCUT2D eigenvalue weighted by atomic mass is 19.1. The third-order valence-corrected chi connectivity index (χ3v) is 3.87. The maximum atomic E-state index is 13.2. The Kier molecular flexibility index (Phi) is 7.14. The molecule has 0 atom stereocenters. The molecule has 0 spiro atoms. The molecule has 0 fully saturated rings. The standard InChI is InChI=1S/C20H23FN2O2/c1-2-23(15-17-9-6-10-18(21)13-17)20(25)11-12-22-19(24)14-16-7-4-3-5-8-16/h3-10,13H,2,11-12,14-15H2,1H3,(H,22,24). The van der Waals surface area contributed by atoms with E-state index >= 15 is 0 Å². The molecule has 5 heteroatoms. The maximum absolute atomic E-state index is 13.2. The van der Waals surface area contributed by atoms with Gasteiger partial charge in [0.15, 0.2) is 0 Å². The Balaban J connectivity index is 1.76. The molecule has 2 amide bonds. The first-order valence-corrected chi connectivity index (χ1v) is 8.41. The summed E-state index contributed by atoms with van der Waals surface area (Å²) >= 11 is 0. The van der Waals surface area contributed by atoms with Crippen molar-refractivity contribution < 1.29 is 14.0 Å². The Bertz CT molecular complexity index is 704. The summed E-state index contributed by atoms with van der Waals surface area (Å²) in [4.78, 5) is 25.8. The molecule has 0 aromatic heterocycles. The Morgan fingerprint density at radius 2 is 1.76 bits per heavy atom. The van der Waals surface area contributed by atoms with Crippen LogP contribution in [0.1, 0.15) is 24.5 Å². The van der Waals surface area contributed by atoms with Gasteiger partial charge in [-0.15, -0.1) is 0 Å². The Hall–Kier alpha value is -2.69. The smallest absolute Gasteiger partial charge is 0.224 e. The Morgan fingerprint density at radius 3 is 2.44 bits per heavy atom. The normalized spacial score (nSPS) is 10.3. The van der Waals surface area contributed by atoms with Crippen LogP contribution in [-0.2, 0) is 22.6 Å². The lowest BCUT2D eigenvalue weighted by molar-refractivity contribution is -0.131. The van der Waals surface area contributed by atoms with E-state index in [1.54, 1.807) is 17.0 Å². The van der Waals surface area contributed by atoms with E-state index in [0.29, 0.717) is 26.1 Å². The first kappa shape index (κ1) is 18.6. The lowest BCUT2D eigenvalue weighted by Crippen LogP contribution is -2.34. The first-order chi connectivity index (χ1) is 12.1. The van der Waals surface area contributed by atoms with E-state index < -0.39 is 0 Å². The zero-order valence-corrected chi connectivity index (χ0v) is 14.4. The Labute approximate surface area is 147 Å². The fourth-order valence-electron chi connectivity index (χ4n) is 2.54. The molecule has 0 aliphatic rings. The zero-order valence-electron chi connectivity index (χ0n) is 14.4. The second-order valence-electron chi connectivity index (χ2n) is 5.80. The van der Waals surface area contributed by atoms with Crippen molar-refractivity contribution in [2.24, 2.45) is 0 Å². The number of rotatable bonds is 8. The van der Waals surface area contributed by atoms with Crippen molar-refractivity contribution in [1.29, 1.82) is 0 Å². The van der Waals surface area contributed by atoms with Gasteiger partial charge in [-0.2, -0.15) is 0 Å². The summed E-state index contributed by atoms with van der Waals surface area (Å²) in [5.74, 6) is -0.479. The fourth-order valence-corrected chi connectivity index (χ4v) is 2.54. The number of hydrogen-bond donors (Lipinski definition) is 1. The molecular weight excluding hydrogens is 319 g/mol. The van der Waals surface area contributed by atoms with Crippen LogP contribution in [0.2, 0.25) is 0 Å². The van der Waals surface area contributed by atoms with Gasteiger partial charge in [-0.3, -0.25) is 9.59 Å². The van der Waals surface area contributed by atoms with Crippen LogP contribution in [0.25, 0.3) is 0 Å². The summed E-state index contributed by atoms with van der Waals surface area (Å²) in [5, 5.41) is 2.77. The van der Waals surface area contributed by atoms with Gasteiger partial charge in [0.1, 0.15) is 5.82 Å². The number of nitrogens with one attached hydrogen (secondary N) is 1. The maximum Gasteiger partial charge on any atom is 0.224 e. The molecule has 1 N–H and O–H groups in total. The first-order valence-electron chi connectivity index (χ1n) is 8.41. The highest BCUT2D eigenvalue weighted by molar-refractivity contribution is 5.80. The number of benzene rings is 2. The molecule has 4 nitrogen and oxygen atoms in total. The van der Waals surface area contributed by atoms with Gasteiger partial charge in [-0.25, -0.2) is 4.39 Å². The summed E-state index contributed by atoms with van der Waals surface area (Å²) in [5.41, 5.74) is 1.69. The predicted molar refractivity (Wildman–Crippen MR) is 95.3 cm³/mol. The molecule has 2 rings (SSSR count). The van der Waals surface area contributed by atoms with Crippen LogP contribution in [0.15, 0.2) is 54.6 Å². The lowest BCUT2D eigenvalue weighted by Gasteiger charge is -2.21. The number of carbonyl (C=O) groups is 2. The lowest BCUT2D eigenvalue weighted by atomic mass is 10.1. The summed E-state index contributed by atoms with van der Waals surface area (Å²) in [7, 11) is 0. The molecule has 0 saturated heterocycles. The van der Waals surface area contributed by atoms with Gasteiger partial charge in [0, 0.05) is 26.1 Å². The number of halogens is 1. The van der Waals surface area contributed by atoms with Crippen molar-refractivity contribution >= 4 is 11.8 Å². The molecule has 0 heterocycles. The van der Waals surface area contributed by atoms with E-state index in [1.807, 2.05) is 37.3 Å². The van der Waals surface area contributed by atoms with Crippen molar-refractivity contribution in [1.82, 2.24) is 10.2 Å². The van der Waals surface area contributed by atoms with E-state index in [4.69, 9.17) is 0 Å². The van der Waals surface area contributed by atoms with E-state index in [9.17, 15) is 14.0 Å². The summed E-state index contributed by atoms with van der Waals surface area (Å²) in [6.07, 6.45) is 0.527. The monoisotopic (exact) mass is 342 g/mol. The van der Waals surface area contributed by atoms with Crippen LogP contribution in [0.3, 0.4) is 0 Å². The van der Waals surface area contributed by atoms with E-state index in [2.05, 4.69) is 5.32 Å². The van der Waals surface area contributed by atoms with E-state index in [0.717, 1.165) is 11.1 Å². The minimum Gasteiger partial charge on any atom is -0.355 e. The molecule has 0 unspecified atom stereocenters. The van der Waals surface area contributed by atoms with Crippen molar-refractivity contribution in [2.75, 3.05) is 13.1 Å². The van der Waals surface area contributed by atoms with Crippen LogP contribution in [-0.4, -0.2) is 29.8 Å². The quantitative estimate of drug-likeness (QED) is 0.802. The summed E-state index contributed by atoms with van der Waals surface area (Å²) in [6.45, 7) is 3.08. The number of carbonyl (C=O) groups excluding carboxylic acids is 2. The van der Waals surface area contributed by atoms with Crippen molar-refractivity contribution in [3.63, 3.8) is 0 Å². The topological polar surface area (TPSA) is 49.4 Å².